The number of hydrogen-bond acceptors (Lipinski definition) is 3. The van der Waals surface area contributed by atoms with Crippen molar-refractivity contribution in [3.8, 4) is 0 Å². The van der Waals surface area contributed by atoms with Crippen molar-refractivity contribution >= 4 is 6.03 Å². The van der Waals surface area contributed by atoms with Gasteiger partial charge in [-0.05, 0) is 44.3 Å². The second kappa shape index (κ2) is 5.67. The van der Waals surface area contributed by atoms with Crippen LogP contribution in [0.4, 0.5) is 4.79 Å². The summed E-state index contributed by atoms with van der Waals surface area (Å²) in [6.45, 7) is 8.69. The number of likely N-dealkylation sites (tertiary alicyclic amines) is 1. The Morgan fingerprint density at radius 1 is 1.42 bits per heavy atom. The lowest BCUT2D eigenvalue weighted by Gasteiger charge is -2.33. The Kier molecular flexibility index (Phi) is 4.36. The molecule has 0 spiro atoms. The van der Waals surface area contributed by atoms with Crippen LogP contribution < -0.4 is 11.1 Å². The van der Waals surface area contributed by atoms with Gasteiger partial charge in [-0.1, -0.05) is 13.8 Å². The maximum atomic E-state index is 12.1. The molecule has 2 rings (SSSR count). The van der Waals surface area contributed by atoms with Gasteiger partial charge in [-0.15, -0.1) is 0 Å². The highest BCUT2D eigenvalue weighted by atomic mass is 16.2. The van der Waals surface area contributed by atoms with Gasteiger partial charge in [0.2, 0.25) is 0 Å². The van der Waals surface area contributed by atoms with Gasteiger partial charge < -0.3 is 20.9 Å². The topological polar surface area (TPSA) is 61.6 Å². The first-order valence-electron chi connectivity index (χ1n) is 7.35. The molecule has 3 N–H and O–H groups in total. The minimum absolute atomic E-state index is 0.00438. The van der Waals surface area contributed by atoms with E-state index >= 15 is 0 Å². The normalized spacial score (nSPS) is 29.7. The quantitative estimate of drug-likeness (QED) is 0.789. The number of urea groups is 1. The Morgan fingerprint density at radius 2 is 2.16 bits per heavy atom. The van der Waals surface area contributed by atoms with Crippen LogP contribution in [0.1, 0.15) is 26.7 Å². The van der Waals surface area contributed by atoms with Gasteiger partial charge in [0, 0.05) is 19.6 Å². The van der Waals surface area contributed by atoms with Gasteiger partial charge in [-0.25, -0.2) is 4.79 Å². The van der Waals surface area contributed by atoms with Crippen molar-refractivity contribution in [1.82, 2.24) is 15.1 Å². The van der Waals surface area contributed by atoms with E-state index in [0.717, 1.165) is 19.6 Å². The van der Waals surface area contributed by atoms with Crippen molar-refractivity contribution in [2.45, 2.75) is 32.7 Å². The first kappa shape index (κ1) is 14.6. The van der Waals surface area contributed by atoms with Crippen LogP contribution in [0.25, 0.3) is 0 Å². The second-order valence-electron chi connectivity index (χ2n) is 6.97. The highest BCUT2D eigenvalue weighted by Crippen LogP contribution is 2.24. The average Bonchev–Trinajstić information content (AvgIpc) is 2.70. The van der Waals surface area contributed by atoms with Crippen LogP contribution in [0.15, 0.2) is 0 Å². The van der Waals surface area contributed by atoms with E-state index in [4.69, 9.17) is 5.73 Å². The SMILES string of the molecule is CN1CCCC(C2CN(CC(C)(C)CN)C(=O)N2)C1. The van der Waals surface area contributed by atoms with Crippen LogP contribution in [0.5, 0.6) is 0 Å². The number of nitrogens with one attached hydrogen (secondary N) is 1. The van der Waals surface area contributed by atoms with E-state index in [1.807, 2.05) is 4.90 Å². The van der Waals surface area contributed by atoms with Gasteiger partial charge in [0.25, 0.3) is 0 Å². The number of carbonyl (C=O) groups excluding carboxylic acids is 1. The Hall–Kier alpha value is -0.810. The molecule has 0 aromatic heterocycles. The zero-order chi connectivity index (χ0) is 14.0. The van der Waals surface area contributed by atoms with Gasteiger partial charge in [0.1, 0.15) is 0 Å². The number of rotatable bonds is 4. The van der Waals surface area contributed by atoms with E-state index in [-0.39, 0.29) is 11.4 Å². The third-order valence-corrected chi connectivity index (χ3v) is 4.41. The van der Waals surface area contributed by atoms with Crippen LogP contribution in [0, 0.1) is 11.3 Å². The molecule has 19 heavy (non-hydrogen) atoms. The molecule has 0 radical (unpaired) electrons. The number of nitrogens with two attached hydrogens (primary N) is 1. The molecular weight excluding hydrogens is 240 g/mol. The molecule has 5 heteroatoms. The lowest BCUT2D eigenvalue weighted by atomic mass is 9.90. The highest BCUT2D eigenvalue weighted by Gasteiger charge is 2.37. The molecule has 110 valence electrons. The van der Waals surface area contributed by atoms with E-state index in [1.54, 1.807) is 0 Å². The molecule has 2 saturated heterocycles. The number of hydrogen-bond donors (Lipinski definition) is 2. The minimum Gasteiger partial charge on any atom is -0.333 e. The van der Waals surface area contributed by atoms with Crippen molar-refractivity contribution in [3.05, 3.63) is 0 Å². The maximum absolute atomic E-state index is 12.1. The smallest absolute Gasteiger partial charge is 0.317 e. The fraction of sp³-hybridized carbons (Fsp3) is 0.929. The molecule has 2 amide bonds. The van der Waals surface area contributed by atoms with Gasteiger partial charge in [0.15, 0.2) is 0 Å². The van der Waals surface area contributed by atoms with Crippen molar-refractivity contribution in [2.24, 2.45) is 17.1 Å². The molecule has 2 aliphatic rings. The maximum Gasteiger partial charge on any atom is 0.317 e. The van der Waals surface area contributed by atoms with Crippen LogP contribution in [-0.4, -0.2) is 61.6 Å². The van der Waals surface area contributed by atoms with Crippen molar-refractivity contribution in [3.63, 3.8) is 0 Å². The third-order valence-electron chi connectivity index (χ3n) is 4.41. The Morgan fingerprint density at radius 3 is 2.79 bits per heavy atom. The lowest BCUT2D eigenvalue weighted by Crippen LogP contribution is -2.43. The Labute approximate surface area is 116 Å². The molecule has 5 nitrogen and oxygen atoms in total. The molecule has 2 atom stereocenters. The second-order valence-corrected chi connectivity index (χ2v) is 6.97. The monoisotopic (exact) mass is 268 g/mol. The van der Waals surface area contributed by atoms with Crippen molar-refractivity contribution < 1.29 is 4.79 Å². The summed E-state index contributed by atoms with van der Waals surface area (Å²) in [5, 5.41) is 3.16. The van der Waals surface area contributed by atoms with Gasteiger partial charge in [-0.2, -0.15) is 0 Å². The Balaban J connectivity index is 1.91. The zero-order valence-corrected chi connectivity index (χ0v) is 12.5. The molecule has 2 fully saturated rings. The van der Waals surface area contributed by atoms with E-state index in [2.05, 4.69) is 31.1 Å². The fourth-order valence-electron chi connectivity index (χ4n) is 3.14. The largest absolute Gasteiger partial charge is 0.333 e. The number of carbonyl (C=O) groups is 1. The predicted octanol–water partition coefficient (Wildman–Crippen LogP) is 0.707. The molecule has 0 aromatic carbocycles. The lowest BCUT2D eigenvalue weighted by molar-refractivity contribution is 0.172. The van der Waals surface area contributed by atoms with Crippen LogP contribution in [-0.2, 0) is 0 Å². The third kappa shape index (κ3) is 3.60. The summed E-state index contributed by atoms with van der Waals surface area (Å²) >= 11 is 0. The molecule has 2 heterocycles. The first-order valence-corrected chi connectivity index (χ1v) is 7.35. The van der Waals surface area contributed by atoms with Gasteiger partial charge in [-0.3, -0.25) is 0 Å². The van der Waals surface area contributed by atoms with Crippen LogP contribution in [0.2, 0.25) is 0 Å². The molecule has 2 aliphatic heterocycles. The predicted molar refractivity (Wildman–Crippen MR) is 76.9 cm³/mol. The summed E-state index contributed by atoms with van der Waals surface area (Å²) < 4.78 is 0. The molecular formula is C14H28N4O. The van der Waals surface area contributed by atoms with E-state index in [1.165, 1.54) is 19.4 Å². The molecule has 0 saturated carbocycles. The number of nitrogens with zero attached hydrogens (tertiary/aromatic N) is 2. The van der Waals surface area contributed by atoms with Crippen LogP contribution >= 0.6 is 0 Å². The number of amides is 2. The molecule has 0 aromatic rings. The van der Waals surface area contributed by atoms with Crippen molar-refractivity contribution in [2.75, 3.05) is 39.8 Å². The summed E-state index contributed by atoms with van der Waals surface area (Å²) in [6.07, 6.45) is 2.46. The summed E-state index contributed by atoms with van der Waals surface area (Å²) in [4.78, 5) is 16.4. The Bertz CT molecular complexity index is 331. The molecule has 0 aliphatic carbocycles. The first-order chi connectivity index (χ1) is 8.91. The number of piperidine rings is 1. The van der Waals surface area contributed by atoms with Crippen LogP contribution in [0.3, 0.4) is 0 Å². The highest BCUT2D eigenvalue weighted by molar-refractivity contribution is 5.77. The average molecular weight is 268 g/mol. The summed E-state index contributed by atoms with van der Waals surface area (Å²) in [5.74, 6) is 0.591. The van der Waals surface area contributed by atoms with E-state index in [9.17, 15) is 4.79 Å². The summed E-state index contributed by atoms with van der Waals surface area (Å²) in [5.41, 5.74) is 5.76. The van der Waals surface area contributed by atoms with E-state index in [0.29, 0.717) is 18.5 Å². The van der Waals surface area contributed by atoms with E-state index < -0.39 is 0 Å². The molecule has 0 bridgehead atoms. The molecule has 2 unspecified atom stereocenters. The minimum atomic E-state index is -0.00438. The van der Waals surface area contributed by atoms with Gasteiger partial charge >= 0.3 is 6.03 Å². The van der Waals surface area contributed by atoms with Crippen molar-refractivity contribution in [1.29, 1.82) is 0 Å². The summed E-state index contributed by atoms with van der Waals surface area (Å²) in [7, 11) is 2.16. The zero-order valence-electron chi connectivity index (χ0n) is 12.5. The van der Waals surface area contributed by atoms with Gasteiger partial charge in [0.05, 0.1) is 6.04 Å². The fourth-order valence-corrected chi connectivity index (χ4v) is 3.14. The standard InChI is InChI=1S/C14H28N4O/c1-14(2,9-15)10-18-8-12(16-13(18)19)11-5-4-6-17(3)7-11/h11-12H,4-10,15H2,1-3H3,(H,16,19). The summed E-state index contributed by atoms with van der Waals surface area (Å²) in [6, 6.07) is 0.392.